The molecule has 0 N–H and O–H groups in total. The Bertz CT molecular complexity index is 609. The predicted octanol–water partition coefficient (Wildman–Crippen LogP) is 3.74. The number of ether oxygens (including phenoxy) is 2. The summed E-state index contributed by atoms with van der Waals surface area (Å²) in [6.07, 6.45) is 5.57. The lowest BCUT2D eigenvalue weighted by molar-refractivity contribution is 0.340. The standard InChI is InChI=1S/C17H16O2/c1-4-13-11-15(18-3)9-10-17(13)14-7-6-8-16(12-14)19-5-2/h1,6-12H,5H2,2-3H3. The van der Waals surface area contributed by atoms with Crippen LogP contribution in [0.15, 0.2) is 42.5 Å². The van der Waals surface area contributed by atoms with Crippen molar-refractivity contribution in [3.63, 3.8) is 0 Å². The van der Waals surface area contributed by atoms with E-state index in [9.17, 15) is 0 Å². The van der Waals surface area contributed by atoms with Gasteiger partial charge in [-0.3, -0.25) is 0 Å². The van der Waals surface area contributed by atoms with Crippen LogP contribution < -0.4 is 9.47 Å². The van der Waals surface area contributed by atoms with Gasteiger partial charge in [0.25, 0.3) is 0 Å². The number of terminal acetylenes is 1. The van der Waals surface area contributed by atoms with Gasteiger partial charge in [-0.25, -0.2) is 0 Å². The van der Waals surface area contributed by atoms with Crippen LogP contribution >= 0.6 is 0 Å². The van der Waals surface area contributed by atoms with Gasteiger partial charge >= 0.3 is 0 Å². The number of benzene rings is 2. The predicted molar refractivity (Wildman–Crippen MR) is 77.5 cm³/mol. The molecular weight excluding hydrogens is 236 g/mol. The normalized spacial score (nSPS) is 9.74. The summed E-state index contributed by atoms with van der Waals surface area (Å²) in [7, 11) is 1.63. The minimum absolute atomic E-state index is 0.647. The molecule has 2 aromatic rings. The van der Waals surface area contributed by atoms with E-state index in [1.807, 2.05) is 49.4 Å². The van der Waals surface area contributed by atoms with Crippen LogP contribution in [0.5, 0.6) is 11.5 Å². The number of hydrogen-bond acceptors (Lipinski definition) is 2. The maximum Gasteiger partial charge on any atom is 0.120 e. The van der Waals surface area contributed by atoms with E-state index in [1.54, 1.807) is 7.11 Å². The molecule has 0 aliphatic rings. The van der Waals surface area contributed by atoms with Crippen molar-refractivity contribution in [1.29, 1.82) is 0 Å². The number of methoxy groups -OCH3 is 1. The second-order valence-corrected chi connectivity index (χ2v) is 4.02. The average Bonchev–Trinajstić information content (AvgIpc) is 2.47. The molecule has 96 valence electrons. The Morgan fingerprint density at radius 2 is 1.95 bits per heavy atom. The van der Waals surface area contributed by atoms with Gasteiger partial charge in [0.15, 0.2) is 0 Å². The van der Waals surface area contributed by atoms with E-state index in [1.165, 1.54) is 0 Å². The SMILES string of the molecule is C#Cc1cc(OC)ccc1-c1cccc(OCC)c1. The van der Waals surface area contributed by atoms with E-state index in [2.05, 4.69) is 5.92 Å². The second kappa shape index (κ2) is 5.97. The van der Waals surface area contributed by atoms with Crippen LogP contribution in [0.2, 0.25) is 0 Å². The third-order valence-corrected chi connectivity index (χ3v) is 2.84. The van der Waals surface area contributed by atoms with Gasteiger partial charge in [0.2, 0.25) is 0 Å². The Morgan fingerprint density at radius 3 is 2.63 bits per heavy atom. The lowest BCUT2D eigenvalue weighted by Gasteiger charge is -2.09. The fourth-order valence-electron chi connectivity index (χ4n) is 1.94. The van der Waals surface area contributed by atoms with E-state index < -0.39 is 0 Å². The third-order valence-electron chi connectivity index (χ3n) is 2.84. The molecule has 0 aliphatic heterocycles. The molecule has 0 heterocycles. The Morgan fingerprint density at radius 1 is 1.11 bits per heavy atom. The number of hydrogen-bond donors (Lipinski definition) is 0. The van der Waals surface area contributed by atoms with Crippen molar-refractivity contribution in [3.05, 3.63) is 48.0 Å². The zero-order chi connectivity index (χ0) is 13.7. The summed E-state index contributed by atoms with van der Waals surface area (Å²) in [6.45, 7) is 2.61. The van der Waals surface area contributed by atoms with E-state index >= 15 is 0 Å². The van der Waals surface area contributed by atoms with Crippen LogP contribution in [0.4, 0.5) is 0 Å². The van der Waals surface area contributed by atoms with Crippen LogP contribution in [0.1, 0.15) is 12.5 Å². The molecule has 0 spiro atoms. The minimum atomic E-state index is 0.647. The van der Waals surface area contributed by atoms with Crippen molar-refractivity contribution in [2.45, 2.75) is 6.92 Å². The summed E-state index contributed by atoms with van der Waals surface area (Å²) < 4.78 is 10.7. The smallest absolute Gasteiger partial charge is 0.120 e. The lowest BCUT2D eigenvalue weighted by Crippen LogP contribution is -1.92. The zero-order valence-electron chi connectivity index (χ0n) is 11.1. The summed E-state index contributed by atoms with van der Waals surface area (Å²) in [6, 6.07) is 13.7. The van der Waals surface area contributed by atoms with Crippen molar-refractivity contribution in [3.8, 4) is 35.0 Å². The largest absolute Gasteiger partial charge is 0.497 e. The van der Waals surface area contributed by atoms with Gasteiger partial charge in [0, 0.05) is 5.56 Å². The van der Waals surface area contributed by atoms with Crippen LogP contribution in [-0.2, 0) is 0 Å². The summed E-state index contributed by atoms with van der Waals surface area (Å²) in [4.78, 5) is 0. The monoisotopic (exact) mass is 252 g/mol. The van der Waals surface area contributed by atoms with Crippen LogP contribution in [0.3, 0.4) is 0 Å². The molecule has 0 fully saturated rings. The summed E-state index contributed by atoms with van der Waals surface area (Å²) >= 11 is 0. The molecule has 19 heavy (non-hydrogen) atoms. The average molecular weight is 252 g/mol. The lowest BCUT2D eigenvalue weighted by atomic mass is 9.99. The fourth-order valence-corrected chi connectivity index (χ4v) is 1.94. The van der Waals surface area contributed by atoms with Crippen LogP contribution in [-0.4, -0.2) is 13.7 Å². The van der Waals surface area contributed by atoms with Crippen molar-refractivity contribution < 1.29 is 9.47 Å². The van der Waals surface area contributed by atoms with Crippen LogP contribution in [0, 0.1) is 12.3 Å². The molecule has 2 rings (SSSR count). The van der Waals surface area contributed by atoms with Gasteiger partial charge in [0.1, 0.15) is 11.5 Å². The molecule has 0 amide bonds. The maximum atomic E-state index is 5.57. The summed E-state index contributed by atoms with van der Waals surface area (Å²) in [5, 5.41) is 0. The number of rotatable bonds is 4. The topological polar surface area (TPSA) is 18.5 Å². The molecule has 2 heteroatoms. The van der Waals surface area contributed by atoms with Crippen LogP contribution in [0.25, 0.3) is 11.1 Å². The highest BCUT2D eigenvalue weighted by atomic mass is 16.5. The molecule has 0 atom stereocenters. The van der Waals surface area contributed by atoms with Gasteiger partial charge in [-0.15, -0.1) is 6.42 Å². The zero-order valence-corrected chi connectivity index (χ0v) is 11.1. The molecule has 0 aliphatic carbocycles. The third kappa shape index (κ3) is 2.89. The molecule has 0 unspecified atom stereocenters. The highest BCUT2D eigenvalue weighted by Crippen LogP contribution is 2.29. The first-order chi connectivity index (χ1) is 9.28. The Hall–Kier alpha value is -2.40. The van der Waals surface area contributed by atoms with Crippen molar-refractivity contribution in [2.75, 3.05) is 13.7 Å². The summed E-state index contributed by atoms with van der Waals surface area (Å²) in [5.74, 6) is 4.31. The quantitative estimate of drug-likeness (QED) is 0.772. The highest BCUT2D eigenvalue weighted by Gasteiger charge is 2.06. The first kappa shape index (κ1) is 13.0. The Kier molecular flexibility index (Phi) is 4.10. The van der Waals surface area contributed by atoms with Gasteiger partial charge in [-0.1, -0.05) is 18.1 Å². The van der Waals surface area contributed by atoms with Gasteiger partial charge in [0.05, 0.1) is 13.7 Å². The summed E-state index contributed by atoms with van der Waals surface area (Å²) in [5.41, 5.74) is 2.86. The Labute approximate surface area is 114 Å². The molecule has 0 saturated carbocycles. The molecular formula is C17H16O2. The van der Waals surface area contributed by atoms with E-state index in [0.717, 1.165) is 28.2 Å². The molecule has 2 nitrogen and oxygen atoms in total. The van der Waals surface area contributed by atoms with Gasteiger partial charge < -0.3 is 9.47 Å². The molecule has 0 bridgehead atoms. The molecule has 0 saturated heterocycles. The molecule has 0 radical (unpaired) electrons. The van der Waals surface area contributed by atoms with Gasteiger partial charge in [-0.05, 0) is 48.4 Å². The molecule has 0 aromatic heterocycles. The van der Waals surface area contributed by atoms with E-state index in [4.69, 9.17) is 15.9 Å². The van der Waals surface area contributed by atoms with Crippen molar-refractivity contribution >= 4 is 0 Å². The second-order valence-electron chi connectivity index (χ2n) is 4.02. The fraction of sp³-hybridized carbons (Fsp3) is 0.176. The van der Waals surface area contributed by atoms with E-state index in [0.29, 0.717) is 6.61 Å². The Balaban J connectivity index is 2.46. The maximum absolute atomic E-state index is 5.57. The van der Waals surface area contributed by atoms with Crippen molar-refractivity contribution in [2.24, 2.45) is 0 Å². The van der Waals surface area contributed by atoms with Gasteiger partial charge in [-0.2, -0.15) is 0 Å². The first-order valence-corrected chi connectivity index (χ1v) is 6.16. The minimum Gasteiger partial charge on any atom is -0.497 e. The van der Waals surface area contributed by atoms with Crippen molar-refractivity contribution in [1.82, 2.24) is 0 Å². The van der Waals surface area contributed by atoms with E-state index in [-0.39, 0.29) is 0 Å². The molecule has 2 aromatic carbocycles. The highest BCUT2D eigenvalue weighted by molar-refractivity contribution is 5.73. The first-order valence-electron chi connectivity index (χ1n) is 6.16.